The topological polar surface area (TPSA) is 56.5 Å². The Morgan fingerprint density at radius 2 is 1.86 bits per heavy atom. The van der Waals surface area contributed by atoms with Crippen LogP contribution in [0.4, 0.5) is 15.8 Å². The summed E-state index contributed by atoms with van der Waals surface area (Å²) in [6.07, 6.45) is 0. The van der Waals surface area contributed by atoms with Crippen LogP contribution in [0.1, 0.15) is 5.56 Å². The average molecular weight is 306 g/mol. The van der Waals surface area contributed by atoms with Gasteiger partial charge in [-0.2, -0.15) is 0 Å². The van der Waals surface area contributed by atoms with Crippen LogP contribution >= 0.6 is 12.2 Å². The highest BCUT2D eigenvalue weighted by molar-refractivity contribution is 7.80. The van der Waals surface area contributed by atoms with E-state index in [1.165, 1.54) is 19.2 Å². The van der Waals surface area contributed by atoms with Gasteiger partial charge in [0.15, 0.2) is 0 Å². The van der Waals surface area contributed by atoms with Gasteiger partial charge in [-0.1, -0.05) is 12.2 Å². The Balaban J connectivity index is 2.45. The monoisotopic (exact) mass is 306 g/mol. The zero-order valence-electron chi connectivity index (χ0n) is 11.6. The maximum Gasteiger partial charge on any atom is 0.145 e. The Labute approximate surface area is 127 Å². The van der Waals surface area contributed by atoms with E-state index in [4.69, 9.17) is 27.4 Å². The zero-order valence-corrected chi connectivity index (χ0v) is 12.5. The minimum absolute atomic E-state index is 0.251. The van der Waals surface area contributed by atoms with Crippen LogP contribution in [0.3, 0.4) is 0 Å². The highest BCUT2D eigenvalue weighted by Crippen LogP contribution is 2.31. The molecule has 0 aliphatic carbocycles. The molecule has 21 heavy (non-hydrogen) atoms. The maximum atomic E-state index is 13.2. The van der Waals surface area contributed by atoms with Crippen molar-refractivity contribution in [2.45, 2.75) is 0 Å². The molecule has 0 aromatic heterocycles. The Morgan fingerprint density at radius 1 is 1.10 bits per heavy atom. The Kier molecular flexibility index (Phi) is 4.59. The number of hydrogen-bond acceptors (Lipinski definition) is 4. The van der Waals surface area contributed by atoms with Gasteiger partial charge in [-0.25, -0.2) is 4.39 Å². The molecule has 4 nitrogen and oxygen atoms in total. The van der Waals surface area contributed by atoms with Gasteiger partial charge < -0.3 is 20.5 Å². The first-order valence-corrected chi connectivity index (χ1v) is 6.54. The molecule has 2 aromatic carbocycles. The van der Waals surface area contributed by atoms with Crippen LogP contribution in [-0.2, 0) is 0 Å². The summed E-state index contributed by atoms with van der Waals surface area (Å²) in [4.78, 5) is 0.251. The van der Waals surface area contributed by atoms with Crippen LogP contribution in [0.15, 0.2) is 36.4 Å². The van der Waals surface area contributed by atoms with E-state index in [9.17, 15) is 4.39 Å². The van der Waals surface area contributed by atoms with E-state index in [0.29, 0.717) is 28.4 Å². The Bertz CT molecular complexity index is 677. The molecule has 110 valence electrons. The minimum Gasteiger partial charge on any atom is -0.497 e. The molecular weight excluding hydrogens is 291 g/mol. The summed E-state index contributed by atoms with van der Waals surface area (Å²) < 4.78 is 23.6. The van der Waals surface area contributed by atoms with E-state index >= 15 is 0 Å². The van der Waals surface area contributed by atoms with Gasteiger partial charge in [0.1, 0.15) is 22.3 Å². The molecule has 0 aliphatic heterocycles. The van der Waals surface area contributed by atoms with Crippen LogP contribution in [0.25, 0.3) is 0 Å². The third-order valence-electron chi connectivity index (χ3n) is 2.93. The lowest BCUT2D eigenvalue weighted by Gasteiger charge is -2.15. The first kappa shape index (κ1) is 15.1. The summed E-state index contributed by atoms with van der Waals surface area (Å²) in [6, 6.07) is 9.50. The molecule has 0 saturated heterocycles. The summed E-state index contributed by atoms with van der Waals surface area (Å²) in [6.45, 7) is 0. The number of halogens is 1. The second-order valence-corrected chi connectivity index (χ2v) is 4.69. The predicted octanol–water partition coefficient (Wildman–Crippen LogP) is 3.22. The molecule has 0 saturated carbocycles. The number of methoxy groups -OCH3 is 2. The van der Waals surface area contributed by atoms with Crippen LogP contribution in [0.2, 0.25) is 0 Å². The molecule has 2 rings (SSSR count). The normalized spacial score (nSPS) is 10.0. The van der Waals surface area contributed by atoms with Gasteiger partial charge in [0.2, 0.25) is 0 Å². The third kappa shape index (κ3) is 3.41. The summed E-state index contributed by atoms with van der Waals surface area (Å²) in [5, 5.41) is 3.14. The lowest BCUT2D eigenvalue weighted by Crippen LogP contribution is -2.12. The highest BCUT2D eigenvalue weighted by Gasteiger charge is 2.10. The van der Waals surface area contributed by atoms with Gasteiger partial charge in [0, 0.05) is 17.7 Å². The van der Waals surface area contributed by atoms with E-state index in [1.54, 1.807) is 31.4 Å². The lowest BCUT2D eigenvalue weighted by molar-refractivity contribution is 0.413. The van der Waals surface area contributed by atoms with Crippen molar-refractivity contribution < 1.29 is 13.9 Å². The third-order valence-corrected chi connectivity index (χ3v) is 3.15. The summed E-state index contributed by atoms with van der Waals surface area (Å²) >= 11 is 5.03. The number of hydrogen-bond donors (Lipinski definition) is 2. The van der Waals surface area contributed by atoms with E-state index in [-0.39, 0.29) is 10.8 Å². The van der Waals surface area contributed by atoms with Crippen molar-refractivity contribution in [1.29, 1.82) is 0 Å². The molecule has 2 aromatic rings. The van der Waals surface area contributed by atoms with Crippen molar-refractivity contribution in [3.63, 3.8) is 0 Å². The van der Waals surface area contributed by atoms with E-state index < -0.39 is 0 Å². The van der Waals surface area contributed by atoms with Gasteiger partial charge in [-0.15, -0.1) is 0 Å². The van der Waals surface area contributed by atoms with Crippen molar-refractivity contribution in [3.05, 3.63) is 47.8 Å². The molecule has 6 heteroatoms. The predicted molar refractivity (Wildman–Crippen MR) is 85.1 cm³/mol. The van der Waals surface area contributed by atoms with E-state index in [1.807, 2.05) is 0 Å². The highest BCUT2D eigenvalue weighted by atomic mass is 32.1. The minimum atomic E-state index is -0.377. The molecule has 0 aliphatic rings. The van der Waals surface area contributed by atoms with Crippen LogP contribution < -0.4 is 20.5 Å². The fraction of sp³-hybridized carbons (Fsp3) is 0.133. The SMILES string of the molecule is COc1ccc(C(N)=S)c(Nc2ccc(F)cc2OC)c1. The lowest BCUT2D eigenvalue weighted by atomic mass is 10.1. The Morgan fingerprint density at radius 3 is 2.48 bits per heavy atom. The first-order valence-electron chi connectivity index (χ1n) is 6.13. The number of thiocarbonyl (C=S) groups is 1. The second-order valence-electron chi connectivity index (χ2n) is 4.25. The molecule has 0 unspecified atom stereocenters. The summed E-state index contributed by atoms with van der Waals surface area (Å²) in [5.74, 6) is 0.655. The van der Waals surface area contributed by atoms with Crippen LogP contribution in [0.5, 0.6) is 11.5 Å². The molecule has 0 radical (unpaired) electrons. The van der Waals surface area contributed by atoms with Crippen molar-refractivity contribution in [2.75, 3.05) is 19.5 Å². The van der Waals surface area contributed by atoms with Gasteiger partial charge in [0.05, 0.1) is 25.6 Å². The van der Waals surface area contributed by atoms with Gasteiger partial charge >= 0.3 is 0 Å². The largest absolute Gasteiger partial charge is 0.497 e. The number of anilines is 2. The standard InChI is InChI=1S/C15H15FN2O2S/c1-19-10-4-5-11(15(17)21)13(8-10)18-12-6-3-9(16)7-14(12)20-2/h3-8,18H,1-2H3,(H2,17,21). The maximum absolute atomic E-state index is 13.2. The Hall–Kier alpha value is -2.34. The van der Waals surface area contributed by atoms with Gasteiger partial charge in [-0.05, 0) is 24.3 Å². The zero-order chi connectivity index (χ0) is 15.4. The molecule has 0 bridgehead atoms. The quantitative estimate of drug-likeness (QED) is 0.831. The molecule has 0 amide bonds. The van der Waals surface area contributed by atoms with E-state index in [2.05, 4.69) is 5.32 Å². The van der Waals surface area contributed by atoms with Crippen LogP contribution in [-0.4, -0.2) is 19.2 Å². The van der Waals surface area contributed by atoms with Gasteiger partial charge in [0.25, 0.3) is 0 Å². The van der Waals surface area contributed by atoms with Crippen molar-refractivity contribution in [2.24, 2.45) is 5.73 Å². The molecule has 3 N–H and O–H groups in total. The summed E-state index contributed by atoms with van der Waals surface area (Å²) in [7, 11) is 3.04. The van der Waals surface area contributed by atoms with Gasteiger partial charge in [-0.3, -0.25) is 0 Å². The number of rotatable bonds is 5. The average Bonchev–Trinajstić information content (AvgIpc) is 2.48. The van der Waals surface area contributed by atoms with Crippen molar-refractivity contribution in [1.82, 2.24) is 0 Å². The van der Waals surface area contributed by atoms with Crippen LogP contribution in [0, 0.1) is 5.82 Å². The van der Waals surface area contributed by atoms with Crippen molar-refractivity contribution in [3.8, 4) is 11.5 Å². The second kappa shape index (κ2) is 6.41. The molecule has 0 heterocycles. The number of nitrogens with two attached hydrogens (primary N) is 1. The number of nitrogens with one attached hydrogen (secondary N) is 1. The van der Waals surface area contributed by atoms with Crippen molar-refractivity contribution >= 4 is 28.6 Å². The summed E-state index contributed by atoms with van der Waals surface area (Å²) in [5.41, 5.74) is 7.64. The smallest absolute Gasteiger partial charge is 0.145 e. The number of ether oxygens (including phenoxy) is 2. The molecule has 0 fully saturated rings. The molecular formula is C15H15FN2O2S. The first-order chi connectivity index (χ1) is 10.0. The molecule has 0 atom stereocenters. The van der Waals surface area contributed by atoms with E-state index in [0.717, 1.165) is 0 Å². The molecule has 0 spiro atoms. The fourth-order valence-corrected chi connectivity index (χ4v) is 2.06. The number of benzene rings is 2. The fourth-order valence-electron chi connectivity index (χ4n) is 1.88.